The molecule has 0 aliphatic carbocycles. The molecule has 0 amide bonds. The molecule has 1 heterocycles. The number of aromatic nitrogens is 1. The van der Waals surface area contributed by atoms with E-state index in [1.807, 2.05) is 0 Å². The van der Waals surface area contributed by atoms with Crippen molar-refractivity contribution in [3.05, 3.63) is 27.7 Å². The molecule has 0 unspecified atom stereocenters. The van der Waals surface area contributed by atoms with Crippen molar-refractivity contribution >= 4 is 21.9 Å². The summed E-state index contributed by atoms with van der Waals surface area (Å²) in [5.41, 5.74) is -1.12. The maximum atomic E-state index is 12.9. The lowest BCUT2D eigenvalue weighted by Gasteiger charge is -2.08. The Labute approximate surface area is 97.8 Å². The van der Waals surface area contributed by atoms with Crippen LogP contribution in [0.2, 0.25) is 0 Å². The van der Waals surface area contributed by atoms with Crippen molar-refractivity contribution in [2.45, 2.75) is 13.3 Å². The Bertz CT molecular complexity index is 412. The predicted octanol–water partition coefficient (Wildman–Crippen LogP) is 3.10. The van der Waals surface area contributed by atoms with Crippen LogP contribution >= 0.6 is 15.9 Å². The molecule has 0 atom stereocenters. The van der Waals surface area contributed by atoms with E-state index in [-0.39, 0.29) is 11.1 Å². The second kappa shape index (κ2) is 5.29. The van der Waals surface area contributed by atoms with Gasteiger partial charge in [0.2, 0.25) is 5.95 Å². The van der Waals surface area contributed by atoms with E-state index in [1.54, 1.807) is 6.92 Å². The van der Waals surface area contributed by atoms with Gasteiger partial charge in [-0.3, -0.25) is 0 Å². The number of ether oxygens (including phenoxy) is 1. The second-order valence-corrected chi connectivity index (χ2v) is 3.51. The molecule has 16 heavy (non-hydrogen) atoms. The summed E-state index contributed by atoms with van der Waals surface area (Å²) in [6.07, 6.45) is -2.90. The van der Waals surface area contributed by atoms with E-state index in [0.717, 1.165) is 0 Å². The lowest BCUT2D eigenvalue weighted by Crippen LogP contribution is -2.11. The van der Waals surface area contributed by atoms with Gasteiger partial charge in [0, 0.05) is 11.6 Å². The molecule has 0 fully saturated rings. The first kappa shape index (κ1) is 13.0. The molecule has 0 bridgehead atoms. The van der Waals surface area contributed by atoms with E-state index < -0.39 is 29.6 Å². The second-order valence-electron chi connectivity index (χ2n) is 2.72. The highest BCUT2D eigenvalue weighted by atomic mass is 79.9. The van der Waals surface area contributed by atoms with Crippen LogP contribution in [-0.4, -0.2) is 17.6 Å². The van der Waals surface area contributed by atoms with Gasteiger partial charge in [0.05, 0.1) is 11.1 Å². The highest BCUT2D eigenvalue weighted by Gasteiger charge is 2.22. The van der Waals surface area contributed by atoms with Crippen LogP contribution < -0.4 is 0 Å². The topological polar surface area (TPSA) is 39.2 Å². The molecule has 0 N–H and O–H groups in total. The molecule has 1 rings (SSSR count). The smallest absolute Gasteiger partial charge is 0.358 e. The van der Waals surface area contributed by atoms with Crippen molar-refractivity contribution < 1.29 is 22.7 Å². The highest BCUT2D eigenvalue weighted by molar-refractivity contribution is 9.10. The molecule has 1 aromatic rings. The van der Waals surface area contributed by atoms with Gasteiger partial charge in [-0.2, -0.15) is 4.39 Å². The summed E-state index contributed by atoms with van der Waals surface area (Å²) < 4.78 is 42.1. The van der Waals surface area contributed by atoms with Gasteiger partial charge in [-0.15, -0.1) is 0 Å². The van der Waals surface area contributed by atoms with Crippen molar-refractivity contribution in [1.82, 2.24) is 4.98 Å². The maximum absolute atomic E-state index is 12.9. The molecular formula is C9H7BrF3NO2. The standard InChI is InChI=1S/C9H7BrF3NO2/c1-2-16-9(15)7-6(10)4(8(12)13)3-5(11)14-7/h3,8H,2H2,1H3. The van der Waals surface area contributed by atoms with Crippen LogP contribution in [0.1, 0.15) is 29.4 Å². The van der Waals surface area contributed by atoms with Crippen LogP contribution in [0.25, 0.3) is 0 Å². The van der Waals surface area contributed by atoms with Crippen molar-refractivity contribution in [2.24, 2.45) is 0 Å². The fraction of sp³-hybridized carbons (Fsp3) is 0.333. The van der Waals surface area contributed by atoms with Crippen LogP contribution in [0, 0.1) is 5.95 Å². The Morgan fingerprint density at radius 2 is 2.25 bits per heavy atom. The van der Waals surface area contributed by atoms with Gasteiger partial charge in [0.15, 0.2) is 5.69 Å². The molecule has 0 aliphatic heterocycles. The fourth-order valence-corrected chi connectivity index (χ4v) is 1.55. The van der Waals surface area contributed by atoms with Crippen LogP contribution in [0.3, 0.4) is 0 Å². The molecule has 7 heteroatoms. The zero-order valence-electron chi connectivity index (χ0n) is 8.14. The number of nitrogens with zero attached hydrogens (tertiary/aromatic N) is 1. The van der Waals surface area contributed by atoms with Crippen LogP contribution in [0.5, 0.6) is 0 Å². The van der Waals surface area contributed by atoms with Gasteiger partial charge in [-0.1, -0.05) is 0 Å². The molecule has 0 saturated heterocycles. The molecular weight excluding hydrogens is 291 g/mol. The molecule has 88 valence electrons. The number of carbonyl (C=O) groups is 1. The lowest BCUT2D eigenvalue weighted by molar-refractivity contribution is 0.0516. The van der Waals surface area contributed by atoms with E-state index in [0.29, 0.717) is 6.07 Å². The summed E-state index contributed by atoms with van der Waals surface area (Å²) in [6.45, 7) is 1.59. The molecule has 0 radical (unpaired) electrons. The number of pyridine rings is 1. The summed E-state index contributed by atoms with van der Waals surface area (Å²) in [5, 5.41) is 0. The molecule has 0 spiro atoms. The van der Waals surface area contributed by atoms with Gasteiger partial charge in [-0.25, -0.2) is 18.6 Å². The monoisotopic (exact) mass is 297 g/mol. The summed E-state index contributed by atoms with van der Waals surface area (Å²) in [5.74, 6) is -2.10. The molecule has 3 nitrogen and oxygen atoms in total. The fourth-order valence-electron chi connectivity index (χ4n) is 1.01. The molecule has 1 aromatic heterocycles. The minimum absolute atomic E-state index is 0.0491. The predicted molar refractivity (Wildman–Crippen MR) is 52.8 cm³/mol. The Hall–Kier alpha value is -1.11. The third-order valence-corrected chi connectivity index (χ3v) is 2.49. The van der Waals surface area contributed by atoms with Gasteiger partial charge >= 0.3 is 5.97 Å². The Kier molecular flexibility index (Phi) is 4.28. The average molecular weight is 298 g/mol. The number of halogens is 4. The van der Waals surface area contributed by atoms with E-state index in [2.05, 4.69) is 25.7 Å². The maximum Gasteiger partial charge on any atom is 0.358 e. The van der Waals surface area contributed by atoms with Gasteiger partial charge in [0.1, 0.15) is 0 Å². The van der Waals surface area contributed by atoms with E-state index in [1.165, 1.54) is 0 Å². The number of hydrogen-bond donors (Lipinski definition) is 0. The number of rotatable bonds is 3. The number of alkyl halides is 2. The third kappa shape index (κ3) is 2.72. The van der Waals surface area contributed by atoms with Gasteiger partial charge in [-0.05, 0) is 22.9 Å². The normalized spacial score (nSPS) is 10.6. The summed E-state index contributed by atoms with van der Waals surface area (Å²) in [4.78, 5) is 14.5. The minimum atomic E-state index is -2.90. The van der Waals surface area contributed by atoms with Crippen LogP contribution in [-0.2, 0) is 4.74 Å². The van der Waals surface area contributed by atoms with Crippen molar-refractivity contribution in [1.29, 1.82) is 0 Å². The summed E-state index contributed by atoms with van der Waals surface area (Å²) in [7, 11) is 0. The number of esters is 1. The number of carbonyl (C=O) groups excluding carboxylic acids is 1. The van der Waals surface area contributed by atoms with E-state index in [9.17, 15) is 18.0 Å². The van der Waals surface area contributed by atoms with E-state index >= 15 is 0 Å². The Morgan fingerprint density at radius 1 is 1.62 bits per heavy atom. The highest BCUT2D eigenvalue weighted by Crippen LogP contribution is 2.30. The molecule has 0 saturated carbocycles. The summed E-state index contributed by atoms with van der Waals surface area (Å²) >= 11 is 2.78. The van der Waals surface area contributed by atoms with Gasteiger partial charge < -0.3 is 4.74 Å². The SMILES string of the molecule is CCOC(=O)c1nc(F)cc(C(F)F)c1Br. The summed E-state index contributed by atoms with van der Waals surface area (Å²) in [6, 6.07) is 0.567. The Balaban J connectivity index is 3.24. The van der Waals surface area contributed by atoms with Crippen LogP contribution in [0.15, 0.2) is 10.5 Å². The van der Waals surface area contributed by atoms with Crippen molar-refractivity contribution in [3.8, 4) is 0 Å². The minimum Gasteiger partial charge on any atom is -0.461 e. The first-order chi connectivity index (χ1) is 7.47. The van der Waals surface area contributed by atoms with E-state index in [4.69, 9.17) is 0 Å². The van der Waals surface area contributed by atoms with Crippen molar-refractivity contribution in [3.63, 3.8) is 0 Å². The molecule has 0 aromatic carbocycles. The Morgan fingerprint density at radius 3 is 2.75 bits per heavy atom. The van der Waals surface area contributed by atoms with Crippen molar-refractivity contribution in [2.75, 3.05) is 6.61 Å². The zero-order valence-corrected chi connectivity index (χ0v) is 9.72. The largest absolute Gasteiger partial charge is 0.461 e. The van der Waals surface area contributed by atoms with Crippen LogP contribution in [0.4, 0.5) is 13.2 Å². The number of hydrogen-bond acceptors (Lipinski definition) is 3. The first-order valence-electron chi connectivity index (χ1n) is 4.28. The zero-order chi connectivity index (χ0) is 12.3. The molecule has 0 aliphatic rings. The lowest BCUT2D eigenvalue weighted by atomic mass is 10.2. The quantitative estimate of drug-likeness (QED) is 0.636. The van der Waals surface area contributed by atoms with Gasteiger partial charge in [0.25, 0.3) is 6.43 Å². The average Bonchev–Trinajstić information content (AvgIpc) is 2.20. The first-order valence-corrected chi connectivity index (χ1v) is 5.07. The third-order valence-electron chi connectivity index (χ3n) is 1.66.